The quantitative estimate of drug-likeness (QED) is 0.742. The zero-order valence-electron chi connectivity index (χ0n) is 11.0. The maximum absolute atomic E-state index is 13.7. The molecule has 0 N–H and O–H groups in total. The van der Waals surface area contributed by atoms with Crippen LogP contribution in [-0.2, 0) is 9.53 Å². The van der Waals surface area contributed by atoms with Crippen molar-refractivity contribution < 1.29 is 18.7 Å². The molecular weight excluding hydrogens is 249 g/mol. The summed E-state index contributed by atoms with van der Waals surface area (Å²) in [6.07, 6.45) is 1.31. The number of hydrogen-bond acceptors (Lipinski definition) is 4. The molecule has 1 atom stereocenters. The van der Waals surface area contributed by atoms with E-state index in [1.807, 2.05) is 13.0 Å². The third kappa shape index (κ3) is 4.25. The standard InChI is InChI=1S/C14H16FNO3/c1-3-4-5-13(14(17)18-2)19-12-7-6-10(9-16)8-11(12)15/h6-8,13H,3-5H2,1-2H3. The van der Waals surface area contributed by atoms with Gasteiger partial charge in [0, 0.05) is 0 Å². The summed E-state index contributed by atoms with van der Waals surface area (Å²) >= 11 is 0. The van der Waals surface area contributed by atoms with Crippen LogP contribution in [0.15, 0.2) is 18.2 Å². The van der Waals surface area contributed by atoms with E-state index >= 15 is 0 Å². The van der Waals surface area contributed by atoms with Crippen LogP contribution < -0.4 is 4.74 Å². The van der Waals surface area contributed by atoms with Crippen molar-refractivity contribution in [1.29, 1.82) is 5.26 Å². The molecule has 19 heavy (non-hydrogen) atoms. The van der Waals surface area contributed by atoms with Gasteiger partial charge in [0.1, 0.15) is 0 Å². The maximum atomic E-state index is 13.7. The first-order chi connectivity index (χ1) is 9.12. The van der Waals surface area contributed by atoms with Gasteiger partial charge in [-0.15, -0.1) is 0 Å². The van der Waals surface area contributed by atoms with E-state index in [1.54, 1.807) is 0 Å². The van der Waals surface area contributed by atoms with E-state index < -0.39 is 17.9 Å². The maximum Gasteiger partial charge on any atom is 0.347 e. The summed E-state index contributed by atoms with van der Waals surface area (Å²) in [5.41, 5.74) is 0.202. The number of rotatable bonds is 6. The molecule has 1 unspecified atom stereocenters. The van der Waals surface area contributed by atoms with Gasteiger partial charge in [0.15, 0.2) is 17.7 Å². The zero-order valence-corrected chi connectivity index (χ0v) is 11.0. The van der Waals surface area contributed by atoms with Gasteiger partial charge in [-0.3, -0.25) is 0 Å². The van der Waals surface area contributed by atoms with E-state index in [-0.39, 0.29) is 11.3 Å². The highest BCUT2D eigenvalue weighted by molar-refractivity contribution is 5.74. The van der Waals surface area contributed by atoms with Gasteiger partial charge in [-0.1, -0.05) is 13.3 Å². The Morgan fingerprint density at radius 2 is 2.26 bits per heavy atom. The fourth-order valence-corrected chi connectivity index (χ4v) is 1.57. The number of halogens is 1. The predicted molar refractivity (Wildman–Crippen MR) is 67.1 cm³/mol. The fourth-order valence-electron chi connectivity index (χ4n) is 1.57. The van der Waals surface area contributed by atoms with Gasteiger partial charge < -0.3 is 9.47 Å². The summed E-state index contributed by atoms with van der Waals surface area (Å²) < 4.78 is 23.6. The van der Waals surface area contributed by atoms with Gasteiger partial charge in [0.25, 0.3) is 0 Å². The number of carbonyl (C=O) groups is 1. The van der Waals surface area contributed by atoms with Crippen LogP contribution in [0.25, 0.3) is 0 Å². The van der Waals surface area contributed by atoms with E-state index in [0.717, 1.165) is 18.9 Å². The number of benzene rings is 1. The van der Waals surface area contributed by atoms with E-state index in [1.165, 1.54) is 19.2 Å². The molecule has 0 aromatic heterocycles. The molecule has 0 aliphatic rings. The van der Waals surface area contributed by atoms with Crippen molar-refractivity contribution in [2.24, 2.45) is 0 Å². The lowest BCUT2D eigenvalue weighted by molar-refractivity contribution is -0.149. The highest BCUT2D eigenvalue weighted by Gasteiger charge is 2.22. The molecule has 0 aliphatic carbocycles. The van der Waals surface area contributed by atoms with Crippen LogP contribution in [0.1, 0.15) is 31.7 Å². The number of carbonyl (C=O) groups excluding carboxylic acids is 1. The molecule has 0 fully saturated rings. The van der Waals surface area contributed by atoms with E-state index in [9.17, 15) is 9.18 Å². The first kappa shape index (κ1) is 15.0. The number of ether oxygens (including phenoxy) is 2. The van der Waals surface area contributed by atoms with Crippen LogP contribution >= 0.6 is 0 Å². The molecule has 1 aromatic carbocycles. The first-order valence-corrected chi connectivity index (χ1v) is 6.06. The number of unbranched alkanes of at least 4 members (excludes halogenated alkanes) is 1. The second-order valence-electron chi connectivity index (χ2n) is 4.03. The highest BCUT2D eigenvalue weighted by atomic mass is 19.1. The zero-order chi connectivity index (χ0) is 14.3. The molecule has 0 spiro atoms. The third-order valence-corrected chi connectivity index (χ3v) is 2.61. The Kier molecular flexibility index (Phi) is 5.80. The van der Waals surface area contributed by atoms with Crippen molar-refractivity contribution in [2.45, 2.75) is 32.3 Å². The summed E-state index contributed by atoms with van der Waals surface area (Å²) in [6.45, 7) is 1.98. The largest absolute Gasteiger partial charge is 0.476 e. The number of hydrogen-bond donors (Lipinski definition) is 0. The van der Waals surface area contributed by atoms with Gasteiger partial charge >= 0.3 is 5.97 Å². The van der Waals surface area contributed by atoms with Crippen molar-refractivity contribution in [3.63, 3.8) is 0 Å². The molecule has 0 saturated heterocycles. The third-order valence-electron chi connectivity index (χ3n) is 2.61. The summed E-state index contributed by atoms with van der Waals surface area (Å²) in [7, 11) is 1.26. The minimum Gasteiger partial charge on any atom is -0.476 e. The monoisotopic (exact) mass is 265 g/mol. The molecule has 1 aromatic rings. The van der Waals surface area contributed by atoms with Crippen LogP contribution in [0.3, 0.4) is 0 Å². The summed E-state index contributed by atoms with van der Waals surface area (Å²) in [4.78, 5) is 11.5. The van der Waals surface area contributed by atoms with Crippen molar-refractivity contribution in [3.8, 4) is 11.8 Å². The minimum atomic E-state index is -0.826. The SMILES string of the molecule is CCCCC(Oc1ccc(C#N)cc1F)C(=O)OC. The van der Waals surface area contributed by atoms with Crippen LogP contribution in [0, 0.1) is 17.1 Å². The Labute approximate surface area is 111 Å². The average Bonchev–Trinajstić information content (AvgIpc) is 2.43. The molecule has 1 rings (SSSR count). The lowest BCUT2D eigenvalue weighted by Gasteiger charge is -2.17. The molecule has 5 heteroatoms. The average molecular weight is 265 g/mol. The highest BCUT2D eigenvalue weighted by Crippen LogP contribution is 2.21. The topological polar surface area (TPSA) is 59.3 Å². The lowest BCUT2D eigenvalue weighted by atomic mass is 10.1. The molecule has 0 bridgehead atoms. The van der Waals surface area contributed by atoms with Gasteiger partial charge in [0.2, 0.25) is 0 Å². The Balaban J connectivity index is 2.84. The van der Waals surface area contributed by atoms with Crippen LogP contribution in [0.5, 0.6) is 5.75 Å². The number of methoxy groups -OCH3 is 1. The molecule has 0 radical (unpaired) electrons. The Bertz CT molecular complexity index is 482. The van der Waals surface area contributed by atoms with Crippen LogP contribution in [0.2, 0.25) is 0 Å². The molecule has 0 aliphatic heterocycles. The summed E-state index contributed by atoms with van der Waals surface area (Å²) in [5.74, 6) is -1.24. The molecule has 0 heterocycles. The van der Waals surface area contributed by atoms with E-state index in [2.05, 4.69) is 4.74 Å². The lowest BCUT2D eigenvalue weighted by Crippen LogP contribution is -2.28. The van der Waals surface area contributed by atoms with Crippen molar-refractivity contribution in [1.82, 2.24) is 0 Å². The Hall–Kier alpha value is -2.09. The van der Waals surface area contributed by atoms with Gasteiger partial charge in [-0.25, -0.2) is 9.18 Å². The normalized spacial score (nSPS) is 11.5. The molecule has 4 nitrogen and oxygen atoms in total. The molecule has 0 saturated carbocycles. The van der Waals surface area contributed by atoms with Crippen molar-refractivity contribution in [2.75, 3.05) is 7.11 Å². The predicted octanol–water partition coefficient (Wildman–Crippen LogP) is 2.81. The number of nitriles is 1. The summed E-state index contributed by atoms with van der Waals surface area (Å²) in [5, 5.41) is 8.65. The van der Waals surface area contributed by atoms with Gasteiger partial charge in [-0.2, -0.15) is 5.26 Å². The van der Waals surface area contributed by atoms with Crippen molar-refractivity contribution in [3.05, 3.63) is 29.6 Å². The van der Waals surface area contributed by atoms with Crippen LogP contribution in [-0.4, -0.2) is 19.2 Å². The second kappa shape index (κ2) is 7.37. The molecular formula is C14H16FNO3. The van der Waals surface area contributed by atoms with Gasteiger partial charge in [-0.05, 0) is 31.0 Å². The summed E-state index contributed by atoms with van der Waals surface area (Å²) in [6, 6.07) is 5.68. The molecule has 102 valence electrons. The van der Waals surface area contributed by atoms with E-state index in [0.29, 0.717) is 6.42 Å². The first-order valence-electron chi connectivity index (χ1n) is 6.06. The second-order valence-corrected chi connectivity index (χ2v) is 4.03. The van der Waals surface area contributed by atoms with E-state index in [4.69, 9.17) is 10.00 Å². The fraction of sp³-hybridized carbons (Fsp3) is 0.429. The Morgan fingerprint density at radius 1 is 1.53 bits per heavy atom. The number of nitrogens with zero attached hydrogens (tertiary/aromatic N) is 1. The minimum absolute atomic E-state index is 0.0505. The number of esters is 1. The van der Waals surface area contributed by atoms with Crippen LogP contribution in [0.4, 0.5) is 4.39 Å². The Morgan fingerprint density at radius 3 is 2.79 bits per heavy atom. The van der Waals surface area contributed by atoms with Crippen molar-refractivity contribution >= 4 is 5.97 Å². The van der Waals surface area contributed by atoms with Gasteiger partial charge in [0.05, 0.1) is 18.7 Å². The smallest absolute Gasteiger partial charge is 0.347 e. The molecule has 0 amide bonds.